The monoisotopic (exact) mass is 205 g/mol. The van der Waals surface area contributed by atoms with Gasteiger partial charge < -0.3 is 10.1 Å². The highest BCUT2D eigenvalue weighted by molar-refractivity contribution is 5.30. The van der Waals surface area contributed by atoms with E-state index in [9.17, 15) is 0 Å². The minimum atomic E-state index is 0.355. The van der Waals surface area contributed by atoms with Gasteiger partial charge in [0, 0.05) is 6.04 Å². The summed E-state index contributed by atoms with van der Waals surface area (Å²) in [5.41, 5.74) is 1.24. The molecule has 1 N–H and O–H groups in total. The summed E-state index contributed by atoms with van der Waals surface area (Å²) in [6.45, 7) is 6.48. The average Bonchev–Trinajstić information content (AvgIpc) is 2.29. The highest BCUT2D eigenvalue weighted by Gasteiger charge is 2.02. The van der Waals surface area contributed by atoms with Crippen LogP contribution in [0.25, 0.3) is 0 Å². The summed E-state index contributed by atoms with van der Waals surface area (Å²) in [5, 5.41) is 3.20. The standard InChI is InChI=1S/C13H19NO/c1-4-5-9-15-13-8-6-7-12(10-13)11(2)14-3/h4,6-8,10-11,14H,1,5,9H2,2-3H3. The molecule has 0 bridgehead atoms. The Balaban J connectivity index is 2.61. The molecule has 0 amide bonds. The fourth-order valence-electron chi connectivity index (χ4n) is 1.30. The second-order valence-electron chi connectivity index (χ2n) is 3.51. The van der Waals surface area contributed by atoms with Crippen molar-refractivity contribution in [2.75, 3.05) is 13.7 Å². The number of hydrogen-bond acceptors (Lipinski definition) is 2. The van der Waals surface area contributed by atoms with Crippen molar-refractivity contribution in [1.29, 1.82) is 0 Å². The molecule has 0 fully saturated rings. The number of ether oxygens (including phenoxy) is 1. The van der Waals surface area contributed by atoms with E-state index in [4.69, 9.17) is 4.74 Å². The van der Waals surface area contributed by atoms with Crippen LogP contribution in [0.5, 0.6) is 5.75 Å². The summed E-state index contributed by atoms with van der Waals surface area (Å²) in [5.74, 6) is 0.927. The van der Waals surface area contributed by atoms with Crippen molar-refractivity contribution >= 4 is 0 Å². The van der Waals surface area contributed by atoms with Crippen LogP contribution in [0.2, 0.25) is 0 Å². The Morgan fingerprint density at radius 2 is 2.33 bits per heavy atom. The van der Waals surface area contributed by atoms with E-state index in [-0.39, 0.29) is 0 Å². The topological polar surface area (TPSA) is 21.3 Å². The zero-order valence-electron chi connectivity index (χ0n) is 9.49. The van der Waals surface area contributed by atoms with E-state index in [2.05, 4.69) is 31.0 Å². The smallest absolute Gasteiger partial charge is 0.119 e. The zero-order valence-corrected chi connectivity index (χ0v) is 9.49. The molecule has 1 aromatic rings. The lowest BCUT2D eigenvalue weighted by Gasteiger charge is -2.12. The first kappa shape index (κ1) is 11.8. The van der Waals surface area contributed by atoms with Gasteiger partial charge in [-0.1, -0.05) is 18.2 Å². The van der Waals surface area contributed by atoms with Crippen LogP contribution in [-0.2, 0) is 0 Å². The quantitative estimate of drug-likeness (QED) is 0.569. The molecule has 15 heavy (non-hydrogen) atoms. The maximum absolute atomic E-state index is 5.58. The first-order chi connectivity index (χ1) is 7.27. The predicted octanol–water partition coefficient (Wildman–Crippen LogP) is 2.92. The Morgan fingerprint density at radius 3 is 3.00 bits per heavy atom. The van der Waals surface area contributed by atoms with Gasteiger partial charge in [0.05, 0.1) is 6.61 Å². The van der Waals surface area contributed by atoms with E-state index < -0.39 is 0 Å². The molecule has 0 heterocycles. The largest absolute Gasteiger partial charge is 0.493 e. The Hall–Kier alpha value is -1.28. The van der Waals surface area contributed by atoms with E-state index >= 15 is 0 Å². The van der Waals surface area contributed by atoms with Crippen LogP contribution < -0.4 is 10.1 Å². The lowest BCUT2D eigenvalue weighted by atomic mass is 10.1. The molecule has 0 saturated carbocycles. The lowest BCUT2D eigenvalue weighted by Crippen LogP contribution is -2.12. The van der Waals surface area contributed by atoms with Crippen LogP contribution in [0.15, 0.2) is 36.9 Å². The van der Waals surface area contributed by atoms with Crippen LogP contribution in [0.3, 0.4) is 0 Å². The summed E-state index contributed by atoms with van der Waals surface area (Å²) in [6.07, 6.45) is 2.74. The van der Waals surface area contributed by atoms with Crippen molar-refractivity contribution in [3.05, 3.63) is 42.5 Å². The molecule has 1 unspecified atom stereocenters. The van der Waals surface area contributed by atoms with Crippen molar-refractivity contribution in [1.82, 2.24) is 5.32 Å². The Bertz CT molecular complexity index is 309. The maximum atomic E-state index is 5.58. The molecule has 0 spiro atoms. The van der Waals surface area contributed by atoms with Gasteiger partial charge in [-0.25, -0.2) is 0 Å². The van der Waals surface area contributed by atoms with Gasteiger partial charge in [0.25, 0.3) is 0 Å². The fourth-order valence-corrected chi connectivity index (χ4v) is 1.30. The minimum absolute atomic E-state index is 0.355. The molecule has 1 atom stereocenters. The van der Waals surface area contributed by atoms with Gasteiger partial charge in [-0.2, -0.15) is 0 Å². The van der Waals surface area contributed by atoms with Gasteiger partial charge in [-0.3, -0.25) is 0 Å². The number of nitrogens with one attached hydrogen (secondary N) is 1. The molecule has 0 aliphatic carbocycles. The fraction of sp³-hybridized carbons (Fsp3) is 0.385. The van der Waals surface area contributed by atoms with Gasteiger partial charge >= 0.3 is 0 Å². The van der Waals surface area contributed by atoms with Crippen molar-refractivity contribution < 1.29 is 4.74 Å². The van der Waals surface area contributed by atoms with Crippen molar-refractivity contribution in [2.45, 2.75) is 19.4 Å². The van der Waals surface area contributed by atoms with E-state index in [1.807, 2.05) is 25.3 Å². The second kappa shape index (κ2) is 6.25. The molecular formula is C13H19NO. The summed E-state index contributed by atoms with van der Waals surface area (Å²) >= 11 is 0. The van der Waals surface area contributed by atoms with E-state index in [1.165, 1.54) is 5.56 Å². The number of hydrogen-bond donors (Lipinski definition) is 1. The number of rotatable bonds is 6. The zero-order chi connectivity index (χ0) is 11.1. The summed E-state index contributed by atoms with van der Waals surface area (Å²) in [6, 6.07) is 8.53. The first-order valence-corrected chi connectivity index (χ1v) is 5.29. The molecular weight excluding hydrogens is 186 g/mol. The number of benzene rings is 1. The van der Waals surface area contributed by atoms with Crippen LogP contribution >= 0.6 is 0 Å². The molecule has 2 nitrogen and oxygen atoms in total. The highest BCUT2D eigenvalue weighted by atomic mass is 16.5. The summed E-state index contributed by atoms with van der Waals surface area (Å²) in [4.78, 5) is 0. The van der Waals surface area contributed by atoms with Crippen LogP contribution in [-0.4, -0.2) is 13.7 Å². The van der Waals surface area contributed by atoms with E-state index in [1.54, 1.807) is 0 Å². The molecule has 0 aliphatic rings. The first-order valence-electron chi connectivity index (χ1n) is 5.29. The van der Waals surface area contributed by atoms with Crippen molar-refractivity contribution in [3.63, 3.8) is 0 Å². The lowest BCUT2D eigenvalue weighted by molar-refractivity contribution is 0.324. The van der Waals surface area contributed by atoms with Gasteiger partial charge in [-0.15, -0.1) is 6.58 Å². The predicted molar refractivity (Wildman–Crippen MR) is 64.2 cm³/mol. The van der Waals surface area contributed by atoms with E-state index in [0.717, 1.165) is 12.2 Å². The van der Waals surface area contributed by atoms with Crippen LogP contribution in [0, 0.1) is 0 Å². The van der Waals surface area contributed by atoms with Gasteiger partial charge in [-0.05, 0) is 38.1 Å². The van der Waals surface area contributed by atoms with Crippen molar-refractivity contribution in [3.8, 4) is 5.75 Å². The summed E-state index contributed by atoms with van der Waals surface area (Å²) < 4.78 is 5.58. The average molecular weight is 205 g/mol. The molecule has 0 aromatic heterocycles. The van der Waals surface area contributed by atoms with E-state index in [0.29, 0.717) is 12.6 Å². The molecule has 82 valence electrons. The van der Waals surface area contributed by atoms with Gasteiger partial charge in [0.2, 0.25) is 0 Å². The SMILES string of the molecule is C=CCCOc1cccc(C(C)NC)c1. The third-order valence-electron chi connectivity index (χ3n) is 2.38. The maximum Gasteiger partial charge on any atom is 0.119 e. The molecule has 1 rings (SSSR count). The summed E-state index contributed by atoms with van der Waals surface area (Å²) in [7, 11) is 1.95. The molecule has 0 saturated heterocycles. The molecule has 2 heteroatoms. The minimum Gasteiger partial charge on any atom is -0.493 e. The highest BCUT2D eigenvalue weighted by Crippen LogP contribution is 2.18. The van der Waals surface area contributed by atoms with Gasteiger partial charge in [0.1, 0.15) is 5.75 Å². The third-order valence-corrected chi connectivity index (χ3v) is 2.38. The third kappa shape index (κ3) is 3.76. The van der Waals surface area contributed by atoms with Gasteiger partial charge in [0.15, 0.2) is 0 Å². The molecule has 0 aliphatic heterocycles. The Kier molecular flexibility index (Phi) is 4.91. The Labute approximate surface area is 92.0 Å². The molecule has 1 aromatic carbocycles. The molecule has 0 radical (unpaired) electrons. The van der Waals surface area contributed by atoms with Crippen LogP contribution in [0.4, 0.5) is 0 Å². The van der Waals surface area contributed by atoms with Crippen molar-refractivity contribution in [2.24, 2.45) is 0 Å². The normalized spacial score (nSPS) is 12.1. The van der Waals surface area contributed by atoms with Crippen LogP contribution in [0.1, 0.15) is 24.9 Å². The second-order valence-corrected chi connectivity index (χ2v) is 3.51. The Morgan fingerprint density at radius 1 is 1.53 bits per heavy atom.